The lowest BCUT2D eigenvalue weighted by Crippen LogP contribution is -2.47. The van der Waals surface area contributed by atoms with Crippen molar-refractivity contribution < 1.29 is 4.74 Å². The van der Waals surface area contributed by atoms with Gasteiger partial charge >= 0.3 is 0 Å². The molecule has 5 heteroatoms. The summed E-state index contributed by atoms with van der Waals surface area (Å²) in [5, 5.41) is 6.82. The molecule has 0 spiro atoms. The van der Waals surface area contributed by atoms with Crippen LogP contribution in [0.25, 0.3) is 0 Å². The number of nitrogens with zero attached hydrogens (tertiary/aromatic N) is 2. The Labute approximate surface area is 129 Å². The number of hydrogen-bond donors (Lipinski definition) is 2. The molecular weight excluding hydrogens is 264 g/mol. The van der Waals surface area contributed by atoms with Gasteiger partial charge in [-0.2, -0.15) is 0 Å². The van der Waals surface area contributed by atoms with Gasteiger partial charge in [0.15, 0.2) is 5.96 Å². The van der Waals surface area contributed by atoms with Crippen molar-refractivity contribution in [2.75, 3.05) is 33.3 Å². The molecule has 2 N–H and O–H groups in total. The molecule has 1 aliphatic heterocycles. The fourth-order valence-corrected chi connectivity index (χ4v) is 3.04. The third-order valence-corrected chi connectivity index (χ3v) is 4.50. The van der Waals surface area contributed by atoms with Gasteiger partial charge in [-0.3, -0.25) is 9.89 Å². The van der Waals surface area contributed by atoms with E-state index in [0.29, 0.717) is 6.04 Å². The zero-order valence-electron chi connectivity index (χ0n) is 14.1. The van der Waals surface area contributed by atoms with Crippen molar-refractivity contribution in [3.05, 3.63) is 0 Å². The van der Waals surface area contributed by atoms with Gasteiger partial charge in [-0.25, -0.2) is 0 Å². The molecule has 1 aliphatic carbocycles. The monoisotopic (exact) mass is 296 g/mol. The first-order valence-electron chi connectivity index (χ1n) is 8.38. The fraction of sp³-hybridized carbons (Fsp3) is 0.938. The molecule has 1 heterocycles. The van der Waals surface area contributed by atoms with Crippen molar-refractivity contribution in [1.29, 1.82) is 0 Å². The average molecular weight is 296 g/mol. The summed E-state index contributed by atoms with van der Waals surface area (Å²) >= 11 is 0. The lowest BCUT2D eigenvalue weighted by atomic mass is 10.0. The van der Waals surface area contributed by atoms with Gasteiger partial charge in [0.05, 0.1) is 5.60 Å². The summed E-state index contributed by atoms with van der Waals surface area (Å²) in [6.45, 7) is 10.5. The third-order valence-electron chi connectivity index (χ3n) is 4.50. The SMILES string of the molecule is CN=C(NCCN(C(C)C)C1CC1)NCC1(C)CCCO1. The predicted octanol–water partition coefficient (Wildman–Crippen LogP) is 1.59. The summed E-state index contributed by atoms with van der Waals surface area (Å²) in [7, 11) is 1.83. The number of hydrogen-bond acceptors (Lipinski definition) is 3. The molecule has 21 heavy (non-hydrogen) atoms. The van der Waals surface area contributed by atoms with E-state index in [-0.39, 0.29) is 5.60 Å². The summed E-state index contributed by atoms with van der Waals surface area (Å²) in [6, 6.07) is 1.44. The highest BCUT2D eigenvalue weighted by Gasteiger charge is 2.31. The van der Waals surface area contributed by atoms with Gasteiger partial charge in [0.2, 0.25) is 0 Å². The summed E-state index contributed by atoms with van der Waals surface area (Å²) < 4.78 is 5.80. The molecular formula is C16H32N4O. The Kier molecular flexibility index (Phi) is 5.88. The molecule has 0 bridgehead atoms. The Morgan fingerprint density at radius 1 is 1.38 bits per heavy atom. The van der Waals surface area contributed by atoms with Crippen LogP contribution in [-0.2, 0) is 4.74 Å². The maximum atomic E-state index is 5.80. The van der Waals surface area contributed by atoms with Crippen LogP contribution >= 0.6 is 0 Å². The van der Waals surface area contributed by atoms with Crippen LogP contribution < -0.4 is 10.6 Å². The summed E-state index contributed by atoms with van der Waals surface area (Å²) in [5.41, 5.74) is -0.0321. The zero-order chi connectivity index (χ0) is 15.3. The van der Waals surface area contributed by atoms with Gasteiger partial charge in [0.1, 0.15) is 0 Å². The summed E-state index contributed by atoms with van der Waals surface area (Å²) in [5.74, 6) is 0.881. The smallest absolute Gasteiger partial charge is 0.191 e. The average Bonchev–Trinajstić information content (AvgIpc) is 3.19. The quantitative estimate of drug-likeness (QED) is 0.553. The molecule has 1 saturated carbocycles. The number of nitrogens with one attached hydrogen (secondary N) is 2. The van der Waals surface area contributed by atoms with E-state index >= 15 is 0 Å². The minimum Gasteiger partial charge on any atom is -0.373 e. The van der Waals surface area contributed by atoms with Crippen LogP contribution in [-0.4, -0.2) is 61.8 Å². The fourth-order valence-electron chi connectivity index (χ4n) is 3.04. The van der Waals surface area contributed by atoms with E-state index in [2.05, 4.69) is 41.3 Å². The first kappa shape index (κ1) is 16.6. The van der Waals surface area contributed by atoms with Gasteiger partial charge in [-0.05, 0) is 46.5 Å². The molecule has 1 saturated heterocycles. The van der Waals surface area contributed by atoms with Gasteiger partial charge in [-0.15, -0.1) is 0 Å². The van der Waals surface area contributed by atoms with Crippen LogP contribution in [0.4, 0.5) is 0 Å². The van der Waals surface area contributed by atoms with E-state index in [1.54, 1.807) is 0 Å². The van der Waals surface area contributed by atoms with E-state index in [4.69, 9.17) is 4.74 Å². The van der Waals surface area contributed by atoms with Crippen molar-refractivity contribution in [3.63, 3.8) is 0 Å². The number of rotatable bonds is 7. The van der Waals surface area contributed by atoms with Crippen molar-refractivity contribution in [1.82, 2.24) is 15.5 Å². The summed E-state index contributed by atoms with van der Waals surface area (Å²) in [6.07, 6.45) is 5.01. The lowest BCUT2D eigenvalue weighted by Gasteiger charge is -2.27. The first-order chi connectivity index (χ1) is 10.0. The van der Waals surface area contributed by atoms with Crippen LogP contribution in [0.5, 0.6) is 0 Å². The van der Waals surface area contributed by atoms with Crippen LogP contribution in [0, 0.1) is 0 Å². The van der Waals surface area contributed by atoms with Crippen LogP contribution in [0.2, 0.25) is 0 Å². The van der Waals surface area contributed by atoms with Gasteiger partial charge in [0, 0.05) is 45.4 Å². The maximum absolute atomic E-state index is 5.80. The van der Waals surface area contributed by atoms with Crippen molar-refractivity contribution in [3.8, 4) is 0 Å². The maximum Gasteiger partial charge on any atom is 0.191 e. The molecule has 0 aromatic carbocycles. The van der Waals surface area contributed by atoms with Crippen LogP contribution in [0.3, 0.4) is 0 Å². The van der Waals surface area contributed by atoms with Gasteiger partial charge in [-0.1, -0.05) is 0 Å². The molecule has 2 fully saturated rings. The summed E-state index contributed by atoms with van der Waals surface area (Å²) in [4.78, 5) is 6.89. The van der Waals surface area contributed by atoms with Crippen molar-refractivity contribution >= 4 is 5.96 Å². The molecule has 2 aliphatic rings. The molecule has 0 aromatic heterocycles. The van der Waals surface area contributed by atoms with Crippen LogP contribution in [0.1, 0.15) is 46.5 Å². The Hall–Kier alpha value is -0.810. The highest BCUT2D eigenvalue weighted by Crippen LogP contribution is 2.28. The van der Waals surface area contributed by atoms with E-state index in [1.807, 2.05) is 7.05 Å². The van der Waals surface area contributed by atoms with E-state index < -0.39 is 0 Å². The lowest BCUT2D eigenvalue weighted by molar-refractivity contribution is 0.0243. The Morgan fingerprint density at radius 2 is 2.14 bits per heavy atom. The molecule has 0 aromatic rings. The van der Waals surface area contributed by atoms with Gasteiger partial charge < -0.3 is 15.4 Å². The van der Waals surface area contributed by atoms with Crippen molar-refractivity contribution in [2.24, 2.45) is 4.99 Å². The zero-order valence-corrected chi connectivity index (χ0v) is 14.1. The Balaban J connectivity index is 1.67. The highest BCUT2D eigenvalue weighted by molar-refractivity contribution is 5.79. The standard InChI is InChI=1S/C16H32N4O/c1-13(2)20(14-6-7-14)10-9-18-15(17-4)19-12-16(3)8-5-11-21-16/h13-14H,5-12H2,1-4H3,(H2,17,18,19). The van der Waals surface area contributed by atoms with E-state index in [1.165, 1.54) is 12.8 Å². The molecule has 1 unspecified atom stereocenters. The minimum absolute atomic E-state index is 0.0321. The first-order valence-corrected chi connectivity index (χ1v) is 8.38. The molecule has 0 radical (unpaired) electrons. The molecule has 0 amide bonds. The van der Waals surface area contributed by atoms with Crippen molar-refractivity contribution in [2.45, 2.75) is 64.1 Å². The Bertz CT molecular complexity index is 344. The normalized spacial score (nSPS) is 26.7. The largest absolute Gasteiger partial charge is 0.373 e. The molecule has 5 nitrogen and oxygen atoms in total. The van der Waals surface area contributed by atoms with Crippen LogP contribution in [0.15, 0.2) is 4.99 Å². The van der Waals surface area contributed by atoms with E-state index in [0.717, 1.165) is 51.1 Å². The minimum atomic E-state index is -0.0321. The number of guanidine groups is 1. The molecule has 2 rings (SSSR count). The van der Waals surface area contributed by atoms with E-state index in [9.17, 15) is 0 Å². The topological polar surface area (TPSA) is 48.9 Å². The third kappa shape index (κ3) is 5.15. The second-order valence-electron chi connectivity index (χ2n) is 6.82. The van der Waals surface area contributed by atoms with Gasteiger partial charge in [0.25, 0.3) is 0 Å². The second kappa shape index (κ2) is 7.45. The molecule has 122 valence electrons. The predicted molar refractivity (Wildman–Crippen MR) is 87.8 cm³/mol. The number of aliphatic imine (C=N–C) groups is 1. The Morgan fingerprint density at radius 3 is 2.67 bits per heavy atom. The number of ether oxygens (including phenoxy) is 1. The highest BCUT2D eigenvalue weighted by atomic mass is 16.5. The molecule has 1 atom stereocenters. The second-order valence-corrected chi connectivity index (χ2v) is 6.82.